The molecular weight excluding hydrogens is 194 g/mol. The predicted molar refractivity (Wildman–Crippen MR) is 61.4 cm³/mol. The van der Waals surface area contributed by atoms with E-state index in [9.17, 15) is 4.79 Å². The fraction of sp³-hybridized carbons (Fsp3) is 0.182. The molecule has 0 aliphatic rings. The number of benzene rings is 1. The van der Waals surface area contributed by atoms with Crippen LogP contribution < -0.4 is 5.32 Å². The van der Waals surface area contributed by atoms with Crippen molar-refractivity contribution in [3.63, 3.8) is 0 Å². The Balaban J connectivity index is 2.68. The molecule has 1 amide bonds. The molecule has 3 heteroatoms. The molecule has 72 valence electrons. The highest BCUT2D eigenvalue weighted by Crippen LogP contribution is 2.09. The summed E-state index contributed by atoms with van der Waals surface area (Å²) in [5, 5.41) is 2.76. The number of nitrogens with one attached hydrogen (secondary N) is 1. The molecule has 0 heterocycles. The Labute approximate surface area is 88.1 Å². The van der Waals surface area contributed by atoms with Crippen molar-refractivity contribution in [1.29, 1.82) is 0 Å². The fourth-order valence-corrected chi connectivity index (χ4v) is 1.35. The van der Waals surface area contributed by atoms with Crippen molar-refractivity contribution in [2.45, 2.75) is 0 Å². The van der Waals surface area contributed by atoms with E-state index in [2.05, 4.69) is 11.2 Å². The highest BCUT2D eigenvalue weighted by Gasteiger charge is 2.00. The maximum Gasteiger partial charge on any atom is 0.234 e. The van der Waals surface area contributed by atoms with Crippen molar-refractivity contribution < 1.29 is 4.79 Å². The van der Waals surface area contributed by atoms with Crippen molar-refractivity contribution in [2.24, 2.45) is 0 Å². The van der Waals surface area contributed by atoms with Crippen LogP contribution in [0, 0.1) is 12.3 Å². The summed E-state index contributed by atoms with van der Waals surface area (Å²) in [6, 6.07) is 7.24. The molecule has 0 unspecified atom stereocenters. The summed E-state index contributed by atoms with van der Waals surface area (Å²) < 4.78 is 0. The van der Waals surface area contributed by atoms with Crippen LogP contribution in [-0.4, -0.2) is 17.9 Å². The fourth-order valence-electron chi connectivity index (χ4n) is 1.01. The number of anilines is 1. The lowest BCUT2D eigenvalue weighted by Crippen LogP contribution is -2.13. The third kappa shape index (κ3) is 3.15. The van der Waals surface area contributed by atoms with Crippen LogP contribution in [-0.2, 0) is 4.79 Å². The first-order valence-electron chi connectivity index (χ1n) is 4.11. The molecule has 0 atom stereocenters. The maximum absolute atomic E-state index is 11.2. The summed E-state index contributed by atoms with van der Waals surface area (Å²) in [5.41, 5.74) is 1.52. The molecule has 0 aliphatic heterocycles. The van der Waals surface area contributed by atoms with Crippen LogP contribution in [0.4, 0.5) is 5.69 Å². The third-order valence-corrected chi connectivity index (χ3v) is 2.14. The number of carbonyl (C=O) groups is 1. The van der Waals surface area contributed by atoms with Gasteiger partial charge in [-0.2, -0.15) is 11.8 Å². The van der Waals surface area contributed by atoms with Crippen LogP contribution >= 0.6 is 11.8 Å². The number of thioether (sulfide) groups is 1. The Bertz CT molecular complexity index is 368. The summed E-state index contributed by atoms with van der Waals surface area (Å²) in [5.74, 6) is 2.97. The number of terminal acetylenes is 1. The van der Waals surface area contributed by atoms with Crippen molar-refractivity contribution in [3.05, 3.63) is 29.8 Å². The van der Waals surface area contributed by atoms with Crippen LogP contribution in [0.2, 0.25) is 0 Å². The predicted octanol–water partition coefficient (Wildman–Crippen LogP) is 1.97. The minimum atomic E-state index is -0.00771. The largest absolute Gasteiger partial charge is 0.325 e. The smallest absolute Gasteiger partial charge is 0.234 e. The van der Waals surface area contributed by atoms with Crippen molar-refractivity contribution in [2.75, 3.05) is 17.3 Å². The van der Waals surface area contributed by atoms with Gasteiger partial charge in [0.05, 0.1) is 5.75 Å². The average molecular weight is 205 g/mol. The lowest BCUT2D eigenvalue weighted by atomic mass is 10.2. The van der Waals surface area contributed by atoms with Gasteiger partial charge in [0.25, 0.3) is 0 Å². The van der Waals surface area contributed by atoms with Crippen molar-refractivity contribution in [3.8, 4) is 12.3 Å². The van der Waals surface area contributed by atoms with Gasteiger partial charge in [0.1, 0.15) is 0 Å². The third-order valence-electron chi connectivity index (χ3n) is 1.59. The molecule has 1 aromatic rings. The zero-order valence-electron chi connectivity index (χ0n) is 7.91. The zero-order valence-corrected chi connectivity index (χ0v) is 8.73. The Morgan fingerprint density at radius 1 is 1.64 bits per heavy atom. The van der Waals surface area contributed by atoms with E-state index in [1.807, 2.05) is 24.5 Å². The molecule has 2 nitrogen and oxygen atoms in total. The van der Waals surface area contributed by atoms with Gasteiger partial charge in [-0.1, -0.05) is 12.0 Å². The summed E-state index contributed by atoms with van der Waals surface area (Å²) >= 11 is 1.49. The van der Waals surface area contributed by atoms with E-state index in [1.165, 1.54) is 11.8 Å². The van der Waals surface area contributed by atoms with Gasteiger partial charge in [0, 0.05) is 11.3 Å². The molecule has 0 saturated carbocycles. The number of hydrogen-bond donors (Lipinski definition) is 1. The van der Waals surface area contributed by atoms with Gasteiger partial charge in [-0.3, -0.25) is 4.79 Å². The summed E-state index contributed by atoms with van der Waals surface area (Å²) in [6.45, 7) is 0. The second-order valence-corrected chi connectivity index (χ2v) is 3.57. The molecular formula is C11H11NOS. The maximum atomic E-state index is 11.2. The van der Waals surface area contributed by atoms with Gasteiger partial charge < -0.3 is 5.32 Å². The normalized spacial score (nSPS) is 9.14. The van der Waals surface area contributed by atoms with Gasteiger partial charge in [0.15, 0.2) is 0 Å². The number of amides is 1. The van der Waals surface area contributed by atoms with E-state index >= 15 is 0 Å². The highest BCUT2D eigenvalue weighted by molar-refractivity contribution is 7.99. The molecule has 14 heavy (non-hydrogen) atoms. The van der Waals surface area contributed by atoms with Crippen LogP contribution in [0.5, 0.6) is 0 Å². The molecule has 0 radical (unpaired) electrons. The van der Waals surface area contributed by atoms with Gasteiger partial charge in [-0.25, -0.2) is 0 Å². The Hall–Kier alpha value is -1.40. The molecule has 1 aromatic carbocycles. The molecule has 1 N–H and O–H groups in total. The minimum Gasteiger partial charge on any atom is -0.325 e. The second kappa shape index (κ2) is 5.36. The van der Waals surface area contributed by atoms with E-state index in [0.717, 1.165) is 11.3 Å². The van der Waals surface area contributed by atoms with Crippen LogP contribution in [0.15, 0.2) is 24.3 Å². The Morgan fingerprint density at radius 2 is 2.43 bits per heavy atom. The van der Waals surface area contributed by atoms with E-state index in [4.69, 9.17) is 6.42 Å². The zero-order chi connectivity index (χ0) is 10.4. The molecule has 1 rings (SSSR count). The second-order valence-electron chi connectivity index (χ2n) is 2.71. The van der Waals surface area contributed by atoms with Crippen LogP contribution in [0.3, 0.4) is 0 Å². The quantitative estimate of drug-likeness (QED) is 0.764. The van der Waals surface area contributed by atoms with Crippen molar-refractivity contribution >= 4 is 23.4 Å². The van der Waals surface area contributed by atoms with E-state index in [-0.39, 0.29) is 5.91 Å². The summed E-state index contributed by atoms with van der Waals surface area (Å²) in [6.07, 6.45) is 7.13. The summed E-state index contributed by atoms with van der Waals surface area (Å²) in [7, 11) is 0. The van der Waals surface area contributed by atoms with Crippen molar-refractivity contribution in [1.82, 2.24) is 0 Å². The molecule has 0 bridgehead atoms. The topological polar surface area (TPSA) is 29.1 Å². The standard InChI is InChI=1S/C11H11NOS/c1-3-9-5-4-6-10(7-9)12-11(13)8-14-2/h1,4-7H,8H2,2H3,(H,12,13). The molecule has 0 aromatic heterocycles. The van der Waals surface area contributed by atoms with E-state index < -0.39 is 0 Å². The summed E-state index contributed by atoms with van der Waals surface area (Å²) in [4.78, 5) is 11.2. The minimum absolute atomic E-state index is 0.00771. The van der Waals surface area contributed by atoms with Gasteiger partial charge in [0.2, 0.25) is 5.91 Å². The first kappa shape index (κ1) is 10.7. The van der Waals surface area contributed by atoms with Gasteiger partial charge in [-0.15, -0.1) is 6.42 Å². The Morgan fingerprint density at radius 3 is 3.07 bits per heavy atom. The van der Waals surface area contributed by atoms with Crippen LogP contribution in [0.1, 0.15) is 5.56 Å². The molecule has 0 fully saturated rings. The van der Waals surface area contributed by atoms with Gasteiger partial charge in [-0.05, 0) is 24.5 Å². The van der Waals surface area contributed by atoms with Gasteiger partial charge >= 0.3 is 0 Å². The first-order chi connectivity index (χ1) is 6.76. The molecule has 0 aliphatic carbocycles. The molecule has 0 saturated heterocycles. The monoisotopic (exact) mass is 205 g/mol. The van der Waals surface area contributed by atoms with E-state index in [0.29, 0.717) is 5.75 Å². The molecule has 0 spiro atoms. The lowest BCUT2D eigenvalue weighted by Gasteiger charge is -2.03. The SMILES string of the molecule is C#Cc1cccc(NC(=O)CSC)c1. The highest BCUT2D eigenvalue weighted by atomic mass is 32.2. The Kier molecular flexibility index (Phi) is 4.09. The lowest BCUT2D eigenvalue weighted by molar-refractivity contribution is -0.113. The number of hydrogen-bond acceptors (Lipinski definition) is 2. The van der Waals surface area contributed by atoms with E-state index in [1.54, 1.807) is 6.07 Å². The average Bonchev–Trinajstić information content (AvgIpc) is 2.18. The number of carbonyl (C=O) groups excluding carboxylic acids is 1. The first-order valence-corrected chi connectivity index (χ1v) is 5.51. The number of rotatable bonds is 3. The van der Waals surface area contributed by atoms with Crippen LogP contribution in [0.25, 0.3) is 0 Å².